The van der Waals surface area contributed by atoms with Crippen LogP contribution in [0.3, 0.4) is 0 Å². The van der Waals surface area contributed by atoms with Crippen LogP contribution in [0.25, 0.3) is 0 Å². The van der Waals surface area contributed by atoms with Crippen LogP contribution >= 0.6 is 0 Å². The highest BCUT2D eigenvalue weighted by Crippen LogP contribution is 2.48. The summed E-state index contributed by atoms with van der Waals surface area (Å²) in [6.07, 6.45) is 5.15. The molecule has 2 aliphatic rings. The maximum atomic E-state index is 12.3. The van der Waals surface area contributed by atoms with Gasteiger partial charge in [0.05, 0.1) is 0 Å². The minimum Gasteiger partial charge on any atom is -0.480 e. The van der Waals surface area contributed by atoms with E-state index < -0.39 is 11.5 Å². The second-order valence-electron chi connectivity index (χ2n) is 6.63. The molecule has 0 aliphatic heterocycles. The Morgan fingerprint density at radius 2 is 1.75 bits per heavy atom. The highest BCUT2D eigenvalue weighted by molar-refractivity contribution is 5.85. The maximum absolute atomic E-state index is 12.3. The van der Waals surface area contributed by atoms with E-state index >= 15 is 0 Å². The molecule has 0 aromatic carbocycles. The Kier molecular flexibility index (Phi) is 4.25. The highest BCUT2D eigenvalue weighted by Gasteiger charge is 2.42. The quantitative estimate of drug-likeness (QED) is 0.753. The second kappa shape index (κ2) is 5.62. The molecule has 2 fully saturated rings. The van der Waals surface area contributed by atoms with Gasteiger partial charge >= 0.3 is 12.0 Å². The van der Waals surface area contributed by atoms with Crippen LogP contribution in [0.15, 0.2) is 0 Å². The van der Waals surface area contributed by atoms with Crippen molar-refractivity contribution in [1.82, 2.24) is 10.2 Å². The van der Waals surface area contributed by atoms with Crippen molar-refractivity contribution in [2.24, 2.45) is 17.8 Å². The molecule has 2 rings (SSSR count). The molecule has 2 N–H and O–H groups in total. The molecule has 0 bridgehead atoms. The number of likely N-dealkylation sites (N-methyl/N-ethyl adjacent to an activating group) is 1. The number of nitrogens with zero attached hydrogens (tertiary/aromatic N) is 1. The van der Waals surface area contributed by atoms with Gasteiger partial charge in [-0.1, -0.05) is 0 Å². The third kappa shape index (κ3) is 3.25. The summed E-state index contributed by atoms with van der Waals surface area (Å²) in [5, 5.41) is 12.2. The number of aliphatic carboxylic acids is 1. The fourth-order valence-electron chi connectivity index (χ4n) is 2.98. The van der Waals surface area contributed by atoms with E-state index in [-0.39, 0.29) is 6.03 Å². The number of hydrogen-bond acceptors (Lipinski definition) is 2. The van der Waals surface area contributed by atoms with Crippen LogP contribution in [-0.4, -0.2) is 40.6 Å². The number of amides is 2. The van der Waals surface area contributed by atoms with Crippen molar-refractivity contribution in [2.45, 2.75) is 52.0 Å². The Morgan fingerprint density at radius 1 is 1.25 bits per heavy atom. The van der Waals surface area contributed by atoms with E-state index in [1.807, 2.05) is 6.92 Å². The van der Waals surface area contributed by atoms with Gasteiger partial charge in [-0.15, -0.1) is 0 Å². The summed E-state index contributed by atoms with van der Waals surface area (Å²) < 4.78 is 0. The summed E-state index contributed by atoms with van der Waals surface area (Å²) in [6, 6.07) is -0.258. The molecule has 20 heavy (non-hydrogen) atoms. The monoisotopic (exact) mass is 282 g/mol. The second-order valence-corrected chi connectivity index (χ2v) is 6.63. The Morgan fingerprint density at radius 3 is 2.10 bits per heavy atom. The largest absolute Gasteiger partial charge is 0.480 e. The van der Waals surface area contributed by atoms with E-state index in [0.717, 1.165) is 11.8 Å². The average Bonchev–Trinajstić information content (AvgIpc) is 3.24. The Bertz CT molecular complexity index is 375. The topological polar surface area (TPSA) is 69.6 Å². The van der Waals surface area contributed by atoms with Crippen molar-refractivity contribution in [1.29, 1.82) is 0 Å². The van der Waals surface area contributed by atoms with Gasteiger partial charge in [0, 0.05) is 13.1 Å². The lowest BCUT2D eigenvalue weighted by Gasteiger charge is -2.34. The molecular formula is C15H26N2O3. The van der Waals surface area contributed by atoms with Crippen molar-refractivity contribution in [2.75, 3.05) is 13.1 Å². The van der Waals surface area contributed by atoms with Crippen molar-refractivity contribution in [3.8, 4) is 0 Å². The van der Waals surface area contributed by atoms with Crippen LogP contribution in [0.4, 0.5) is 4.79 Å². The SMILES string of the molecule is CCN(C(=O)NCC(C1CC1)C1CC1)C(C)(C)C(=O)O. The number of nitrogens with one attached hydrogen (secondary N) is 1. The lowest BCUT2D eigenvalue weighted by atomic mass is 9.98. The molecule has 0 aromatic heterocycles. The van der Waals surface area contributed by atoms with E-state index in [0.29, 0.717) is 19.0 Å². The van der Waals surface area contributed by atoms with Gasteiger partial charge in [-0.2, -0.15) is 0 Å². The number of carboxylic acid groups (broad SMARTS) is 1. The van der Waals surface area contributed by atoms with Crippen LogP contribution in [-0.2, 0) is 4.79 Å². The number of hydrogen-bond donors (Lipinski definition) is 2. The van der Waals surface area contributed by atoms with E-state index in [1.54, 1.807) is 13.8 Å². The van der Waals surface area contributed by atoms with Crippen molar-refractivity contribution in [3.63, 3.8) is 0 Å². The smallest absolute Gasteiger partial charge is 0.329 e. The average molecular weight is 282 g/mol. The number of rotatable bonds is 7. The highest BCUT2D eigenvalue weighted by atomic mass is 16.4. The number of urea groups is 1. The van der Waals surface area contributed by atoms with E-state index in [1.165, 1.54) is 30.6 Å². The zero-order valence-corrected chi connectivity index (χ0v) is 12.7. The van der Waals surface area contributed by atoms with Gasteiger partial charge in [0.2, 0.25) is 0 Å². The summed E-state index contributed by atoms with van der Waals surface area (Å²) in [7, 11) is 0. The van der Waals surface area contributed by atoms with Crippen LogP contribution in [0.2, 0.25) is 0 Å². The predicted molar refractivity (Wildman–Crippen MR) is 76.4 cm³/mol. The molecule has 114 valence electrons. The first-order valence-corrected chi connectivity index (χ1v) is 7.66. The molecule has 0 heterocycles. The molecule has 0 unspecified atom stereocenters. The molecule has 2 amide bonds. The first kappa shape index (κ1) is 15.1. The molecule has 0 saturated heterocycles. The van der Waals surface area contributed by atoms with Gasteiger partial charge in [0.1, 0.15) is 5.54 Å². The molecule has 5 heteroatoms. The van der Waals surface area contributed by atoms with Crippen LogP contribution in [0.5, 0.6) is 0 Å². The first-order valence-electron chi connectivity index (χ1n) is 7.66. The summed E-state index contributed by atoms with van der Waals surface area (Å²) in [6.45, 7) is 6.03. The maximum Gasteiger partial charge on any atom is 0.329 e. The summed E-state index contributed by atoms with van der Waals surface area (Å²) in [4.78, 5) is 24.9. The number of carboxylic acids is 1. The van der Waals surface area contributed by atoms with Gasteiger partial charge in [0.25, 0.3) is 0 Å². The summed E-state index contributed by atoms with van der Waals surface area (Å²) in [5.74, 6) is 1.19. The zero-order chi connectivity index (χ0) is 14.9. The molecule has 0 spiro atoms. The van der Waals surface area contributed by atoms with Gasteiger partial charge < -0.3 is 15.3 Å². The fraction of sp³-hybridized carbons (Fsp3) is 0.867. The van der Waals surface area contributed by atoms with Crippen LogP contribution in [0, 0.1) is 17.8 Å². The molecule has 2 saturated carbocycles. The van der Waals surface area contributed by atoms with Crippen molar-refractivity contribution >= 4 is 12.0 Å². The van der Waals surface area contributed by atoms with Crippen molar-refractivity contribution in [3.05, 3.63) is 0 Å². The molecule has 0 radical (unpaired) electrons. The van der Waals surface area contributed by atoms with Crippen LogP contribution < -0.4 is 5.32 Å². The molecule has 0 aromatic rings. The summed E-state index contributed by atoms with van der Waals surface area (Å²) >= 11 is 0. The zero-order valence-electron chi connectivity index (χ0n) is 12.7. The third-order valence-corrected chi connectivity index (χ3v) is 4.70. The molecular weight excluding hydrogens is 256 g/mol. The molecule has 5 nitrogen and oxygen atoms in total. The lowest BCUT2D eigenvalue weighted by Crippen LogP contribution is -2.56. The number of carbonyl (C=O) groups is 2. The lowest BCUT2D eigenvalue weighted by molar-refractivity contribution is -0.147. The summed E-state index contributed by atoms with van der Waals surface area (Å²) in [5.41, 5.74) is -1.17. The first-order chi connectivity index (χ1) is 9.37. The minimum absolute atomic E-state index is 0.258. The van der Waals surface area contributed by atoms with Crippen molar-refractivity contribution < 1.29 is 14.7 Å². The molecule has 0 atom stereocenters. The fourth-order valence-corrected chi connectivity index (χ4v) is 2.98. The third-order valence-electron chi connectivity index (χ3n) is 4.70. The predicted octanol–water partition coefficient (Wildman–Crippen LogP) is 2.32. The number of carbonyl (C=O) groups excluding carboxylic acids is 1. The normalized spacial score (nSPS) is 19.0. The minimum atomic E-state index is -1.17. The van der Waals surface area contributed by atoms with Gasteiger partial charge in [0.15, 0.2) is 0 Å². The molecule has 2 aliphatic carbocycles. The van der Waals surface area contributed by atoms with E-state index in [2.05, 4.69) is 5.32 Å². The standard InChI is InChI=1S/C15H26N2O3/c1-4-17(15(2,3)13(18)19)14(20)16-9-12(10-5-6-10)11-7-8-11/h10-12H,4-9H2,1-3H3,(H,16,20)(H,18,19). The van der Waals surface area contributed by atoms with E-state index in [4.69, 9.17) is 0 Å². The van der Waals surface area contributed by atoms with Crippen LogP contribution in [0.1, 0.15) is 46.5 Å². The van der Waals surface area contributed by atoms with Gasteiger partial charge in [-0.05, 0) is 64.2 Å². The Hall–Kier alpha value is -1.26. The van der Waals surface area contributed by atoms with E-state index in [9.17, 15) is 14.7 Å². The van der Waals surface area contributed by atoms with Gasteiger partial charge in [-0.3, -0.25) is 0 Å². The van der Waals surface area contributed by atoms with Gasteiger partial charge in [-0.25, -0.2) is 9.59 Å². The Balaban J connectivity index is 1.90. The Labute approximate surface area is 120 Å².